The van der Waals surface area contributed by atoms with E-state index in [2.05, 4.69) is 0 Å². The molecular formula is C21H18N2O7S. The highest BCUT2D eigenvalue weighted by Crippen LogP contribution is 2.25. The Morgan fingerprint density at radius 1 is 0.645 bits per heavy atom. The van der Waals surface area contributed by atoms with Gasteiger partial charge in [0.05, 0.1) is 27.5 Å². The van der Waals surface area contributed by atoms with Gasteiger partial charge in [-0.05, 0) is 37.1 Å². The standard InChI is InChI=1S/C21H18N2O7S/c24-18-14-5-1-2-6-15(14)19(25)22(18)11-9-13(31(28,29)30)10-12-23-20(26)16-7-3-4-8-17(16)21(23)27/h1-8,13H,9-12H2,(H,28,29,30). The minimum atomic E-state index is -4.55. The van der Waals surface area contributed by atoms with Crippen LogP contribution in [0.15, 0.2) is 48.5 Å². The third-order valence-corrected chi connectivity index (χ3v) is 6.84. The quantitative estimate of drug-likeness (QED) is 0.509. The molecule has 2 aliphatic heterocycles. The van der Waals surface area contributed by atoms with Gasteiger partial charge in [0, 0.05) is 13.1 Å². The Hall–Kier alpha value is -3.37. The summed E-state index contributed by atoms with van der Waals surface area (Å²) in [5.74, 6) is -2.13. The van der Waals surface area contributed by atoms with Crippen LogP contribution in [0.3, 0.4) is 0 Å². The topological polar surface area (TPSA) is 129 Å². The monoisotopic (exact) mass is 442 g/mol. The van der Waals surface area contributed by atoms with Crippen molar-refractivity contribution in [2.45, 2.75) is 18.1 Å². The largest absolute Gasteiger partial charge is 0.285 e. The molecule has 160 valence electrons. The molecule has 0 fully saturated rings. The van der Waals surface area contributed by atoms with Crippen LogP contribution < -0.4 is 0 Å². The van der Waals surface area contributed by atoms with Crippen LogP contribution in [0.1, 0.15) is 54.3 Å². The van der Waals surface area contributed by atoms with Crippen LogP contribution in [0.25, 0.3) is 0 Å². The third-order valence-electron chi connectivity index (χ3n) is 5.53. The molecule has 1 N–H and O–H groups in total. The lowest BCUT2D eigenvalue weighted by Crippen LogP contribution is -2.37. The van der Waals surface area contributed by atoms with E-state index in [0.717, 1.165) is 9.80 Å². The van der Waals surface area contributed by atoms with Crippen molar-refractivity contribution in [3.8, 4) is 0 Å². The number of amides is 4. The second kappa shape index (κ2) is 7.71. The van der Waals surface area contributed by atoms with Crippen molar-refractivity contribution in [2.75, 3.05) is 13.1 Å². The van der Waals surface area contributed by atoms with E-state index in [4.69, 9.17) is 0 Å². The van der Waals surface area contributed by atoms with Crippen molar-refractivity contribution >= 4 is 33.7 Å². The number of carbonyl (C=O) groups excluding carboxylic acids is 4. The fourth-order valence-electron chi connectivity index (χ4n) is 3.87. The first-order valence-electron chi connectivity index (χ1n) is 9.57. The fourth-order valence-corrected chi connectivity index (χ4v) is 4.68. The number of rotatable bonds is 7. The Morgan fingerprint density at radius 2 is 0.935 bits per heavy atom. The summed E-state index contributed by atoms with van der Waals surface area (Å²) < 4.78 is 33.4. The van der Waals surface area contributed by atoms with Crippen molar-refractivity contribution in [2.24, 2.45) is 0 Å². The predicted molar refractivity (Wildman–Crippen MR) is 108 cm³/mol. The van der Waals surface area contributed by atoms with Crippen molar-refractivity contribution < 1.29 is 32.1 Å². The molecule has 0 aromatic heterocycles. The molecule has 9 nitrogen and oxygen atoms in total. The number of hydrogen-bond acceptors (Lipinski definition) is 6. The molecule has 2 aliphatic rings. The van der Waals surface area contributed by atoms with Gasteiger partial charge in [-0.2, -0.15) is 8.42 Å². The number of fused-ring (bicyclic) bond motifs is 2. The Bertz CT molecular complexity index is 1070. The summed E-state index contributed by atoms with van der Waals surface area (Å²) >= 11 is 0. The van der Waals surface area contributed by atoms with Crippen molar-refractivity contribution in [3.05, 3.63) is 70.8 Å². The Balaban J connectivity index is 1.44. The van der Waals surface area contributed by atoms with Crippen molar-refractivity contribution in [1.29, 1.82) is 0 Å². The number of hydrogen-bond donors (Lipinski definition) is 1. The Morgan fingerprint density at radius 3 is 1.19 bits per heavy atom. The van der Waals surface area contributed by atoms with E-state index in [1.54, 1.807) is 24.3 Å². The molecule has 2 aromatic rings. The second-order valence-corrected chi connectivity index (χ2v) is 9.03. The van der Waals surface area contributed by atoms with Crippen LogP contribution in [0.4, 0.5) is 0 Å². The van der Waals surface area contributed by atoms with Crippen LogP contribution in [-0.4, -0.2) is 64.7 Å². The summed E-state index contributed by atoms with van der Waals surface area (Å²) in [5, 5.41) is -1.36. The van der Waals surface area contributed by atoms with Gasteiger partial charge >= 0.3 is 0 Å². The van der Waals surface area contributed by atoms with Gasteiger partial charge in [0.2, 0.25) is 0 Å². The molecule has 2 heterocycles. The summed E-state index contributed by atoms with van der Waals surface area (Å²) in [6, 6.07) is 12.5. The van der Waals surface area contributed by atoms with E-state index in [-0.39, 0.29) is 48.2 Å². The lowest BCUT2D eigenvalue weighted by molar-refractivity contribution is 0.0647. The predicted octanol–water partition coefficient (Wildman–Crippen LogP) is 1.62. The zero-order chi connectivity index (χ0) is 22.3. The molecule has 0 spiro atoms. The van der Waals surface area contributed by atoms with E-state index in [1.165, 1.54) is 24.3 Å². The fraction of sp³-hybridized carbons (Fsp3) is 0.238. The van der Waals surface area contributed by atoms with Gasteiger partial charge in [-0.3, -0.25) is 33.5 Å². The van der Waals surface area contributed by atoms with Crippen LogP contribution in [0.5, 0.6) is 0 Å². The molecule has 0 saturated carbocycles. The number of nitrogens with zero attached hydrogens (tertiary/aromatic N) is 2. The first-order chi connectivity index (χ1) is 14.7. The molecule has 0 aliphatic carbocycles. The van der Waals surface area contributed by atoms with Crippen molar-refractivity contribution in [3.63, 3.8) is 0 Å². The van der Waals surface area contributed by atoms with Crippen LogP contribution in [0.2, 0.25) is 0 Å². The van der Waals surface area contributed by atoms with E-state index in [0.29, 0.717) is 0 Å². The highest BCUT2D eigenvalue weighted by molar-refractivity contribution is 7.86. The maximum atomic E-state index is 12.4. The molecule has 0 unspecified atom stereocenters. The number of carbonyl (C=O) groups is 4. The van der Waals surface area contributed by atoms with Gasteiger partial charge in [0.25, 0.3) is 33.7 Å². The molecule has 0 bridgehead atoms. The van der Waals surface area contributed by atoms with Gasteiger partial charge in [-0.25, -0.2) is 0 Å². The minimum absolute atomic E-state index is 0.223. The average molecular weight is 442 g/mol. The number of benzene rings is 2. The summed E-state index contributed by atoms with van der Waals surface area (Å²) in [6.45, 7) is -0.447. The molecule has 2 aromatic carbocycles. The van der Waals surface area contributed by atoms with Gasteiger partial charge in [0.15, 0.2) is 0 Å². The van der Waals surface area contributed by atoms with E-state index < -0.39 is 39.0 Å². The minimum Gasteiger partial charge on any atom is -0.285 e. The summed E-state index contributed by atoms with van der Waals surface area (Å²) in [5.41, 5.74) is 0.952. The summed E-state index contributed by atoms with van der Waals surface area (Å²) in [7, 11) is -4.55. The molecular weight excluding hydrogens is 424 g/mol. The molecule has 31 heavy (non-hydrogen) atoms. The highest BCUT2D eigenvalue weighted by atomic mass is 32.2. The second-order valence-electron chi connectivity index (χ2n) is 7.33. The lowest BCUT2D eigenvalue weighted by atomic mass is 10.1. The normalized spacial score (nSPS) is 15.8. The summed E-state index contributed by atoms with van der Waals surface area (Å²) in [6.07, 6.45) is -0.457. The maximum absolute atomic E-state index is 12.4. The number of imide groups is 2. The van der Waals surface area contributed by atoms with Crippen LogP contribution in [0, 0.1) is 0 Å². The van der Waals surface area contributed by atoms with E-state index in [9.17, 15) is 32.1 Å². The molecule has 4 amide bonds. The van der Waals surface area contributed by atoms with E-state index in [1.807, 2.05) is 0 Å². The SMILES string of the molecule is O=C1c2ccccc2C(=O)N1CCC(CCN1C(=O)c2ccccc2C1=O)S(=O)(=O)O. The van der Waals surface area contributed by atoms with Gasteiger partial charge in [-0.1, -0.05) is 24.3 Å². The van der Waals surface area contributed by atoms with Gasteiger partial charge in [0.1, 0.15) is 0 Å². The van der Waals surface area contributed by atoms with Gasteiger partial charge < -0.3 is 0 Å². The maximum Gasteiger partial charge on any atom is 0.267 e. The molecule has 0 radical (unpaired) electrons. The Labute approximate surface area is 178 Å². The van der Waals surface area contributed by atoms with Crippen molar-refractivity contribution in [1.82, 2.24) is 9.80 Å². The van der Waals surface area contributed by atoms with E-state index >= 15 is 0 Å². The third kappa shape index (κ3) is 3.64. The Kier molecular flexibility index (Phi) is 5.19. The van der Waals surface area contributed by atoms with Gasteiger partial charge in [-0.15, -0.1) is 0 Å². The molecule has 0 saturated heterocycles. The molecule has 4 rings (SSSR count). The van der Waals surface area contributed by atoms with Crippen LogP contribution in [-0.2, 0) is 10.1 Å². The zero-order valence-electron chi connectivity index (χ0n) is 16.2. The highest BCUT2D eigenvalue weighted by Gasteiger charge is 2.38. The first-order valence-corrected chi connectivity index (χ1v) is 11.1. The average Bonchev–Trinajstić information content (AvgIpc) is 3.13. The lowest BCUT2D eigenvalue weighted by Gasteiger charge is -2.20. The zero-order valence-corrected chi connectivity index (χ0v) is 17.0. The molecule has 10 heteroatoms. The summed E-state index contributed by atoms with van der Waals surface area (Å²) in [4.78, 5) is 51.6. The smallest absolute Gasteiger partial charge is 0.267 e. The van der Waals surface area contributed by atoms with Crippen LogP contribution >= 0.6 is 0 Å². The molecule has 0 atom stereocenters. The first kappa shape index (κ1) is 20.9.